The van der Waals surface area contributed by atoms with E-state index in [4.69, 9.17) is 15.2 Å². The van der Waals surface area contributed by atoms with Crippen LogP contribution < -0.4 is 10.5 Å². The molecule has 0 unspecified atom stereocenters. The number of rotatable bonds is 5. The highest BCUT2D eigenvalue weighted by Crippen LogP contribution is 2.27. The zero-order chi connectivity index (χ0) is 13.0. The molecule has 1 saturated carbocycles. The zero-order valence-electron chi connectivity index (χ0n) is 11.2. The third kappa shape index (κ3) is 3.43. The molecule has 4 heteroatoms. The van der Waals surface area contributed by atoms with Crippen LogP contribution >= 0.6 is 0 Å². The maximum absolute atomic E-state index is 6.24. The maximum atomic E-state index is 6.24. The fourth-order valence-electron chi connectivity index (χ4n) is 2.48. The van der Waals surface area contributed by atoms with E-state index in [9.17, 15) is 0 Å². The molecule has 2 rings (SSSR count). The normalized spacial score (nSPS) is 17.9. The van der Waals surface area contributed by atoms with Gasteiger partial charge in [-0.1, -0.05) is 12.8 Å². The van der Waals surface area contributed by atoms with Crippen LogP contribution in [0.4, 0.5) is 0 Å². The van der Waals surface area contributed by atoms with Gasteiger partial charge in [-0.05, 0) is 19.8 Å². The van der Waals surface area contributed by atoms with Crippen LogP contribution in [0.2, 0.25) is 0 Å². The summed E-state index contributed by atoms with van der Waals surface area (Å²) in [6.07, 6.45) is 4.57. The summed E-state index contributed by atoms with van der Waals surface area (Å²) in [5, 5.41) is 0. The van der Waals surface area contributed by atoms with Crippen LogP contribution in [0, 0.1) is 6.92 Å². The predicted molar refractivity (Wildman–Crippen MR) is 70.6 cm³/mol. The van der Waals surface area contributed by atoms with Crippen molar-refractivity contribution in [2.75, 3.05) is 13.7 Å². The van der Waals surface area contributed by atoms with Crippen molar-refractivity contribution in [2.45, 2.75) is 44.8 Å². The van der Waals surface area contributed by atoms with Gasteiger partial charge >= 0.3 is 0 Å². The number of nitrogens with two attached hydrogens (primary N) is 1. The molecule has 0 spiro atoms. The standard InChI is InChI=1S/C14H22N2O2/c1-11-7-13(17-2)8-12(16-11)9-18-10-14(15)5-3-4-6-14/h7-8H,3-6,9-10,15H2,1-2H3. The van der Waals surface area contributed by atoms with Gasteiger partial charge in [0.2, 0.25) is 0 Å². The quantitative estimate of drug-likeness (QED) is 0.870. The second-order valence-electron chi connectivity index (χ2n) is 5.20. The van der Waals surface area contributed by atoms with E-state index < -0.39 is 0 Å². The lowest BCUT2D eigenvalue weighted by Gasteiger charge is -2.23. The minimum atomic E-state index is -0.117. The Morgan fingerprint density at radius 2 is 2.06 bits per heavy atom. The molecule has 0 aromatic carbocycles. The third-order valence-corrected chi connectivity index (χ3v) is 3.45. The highest BCUT2D eigenvalue weighted by atomic mass is 16.5. The largest absolute Gasteiger partial charge is 0.497 e. The van der Waals surface area contributed by atoms with Gasteiger partial charge in [-0.25, -0.2) is 0 Å². The van der Waals surface area contributed by atoms with Gasteiger partial charge in [0.15, 0.2) is 0 Å². The molecule has 0 aliphatic heterocycles. The van der Waals surface area contributed by atoms with Crippen LogP contribution in [0.15, 0.2) is 12.1 Å². The lowest BCUT2D eigenvalue weighted by Crippen LogP contribution is -2.41. The zero-order valence-corrected chi connectivity index (χ0v) is 11.2. The Hall–Kier alpha value is -1.13. The number of pyridine rings is 1. The number of aryl methyl sites for hydroxylation is 1. The first-order chi connectivity index (χ1) is 8.61. The average molecular weight is 250 g/mol. The van der Waals surface area contributed by atoms with E-state index in [0.29, 0.717) is 13.2 Å². The fourth-order valence-corrected chi connectivity index (χ4v) is 2.48. The van der Waals surface area contributed by atoms with E-state index in [1.165, 1.54) is 12.8 Å². The van der Waals surface area contributed by atoms with Gasteiger partial charge in [0.1, 0.15) is 5.75 Å². The number of ether oxygens (including phenoxy) is 2. The van der Waals surface area contributed by atoms with Crippen molar-refractivity contribution < 1.29 is 9.47 Å². The number of hydrogen-bond donors (Lipinski definition) is 1. The molecule has 0 atom stereocenters. The van der Waals surface area contributed by atoms with Crippen LogP contribution in [-0.4, -0.2) is 24.2 Å². The molecule has 0 amide bonds. The Morgan fingerprint density at radius 1 is 1.33 bits per heavy atom. The first kappa shape index (κ1) is 13.3. The summed E-state index contributed by atoms with van der Waals surface area (Å²) in [5.41, 5.74) is 7.96. The van der Waals surface area contributed by atoms with Crippen LogP contribution in [0.25, 0.3) is 0 Å². The lowest BCUT2D eigenvalue weighted by atomic mass is 10.0. The summed E-state index contributed by atoms with van der Waals surface area (Å²) in [6, 6.07) is 3.82. The molecular formula is C14H22N2O2. The molecule has 100 valence electrons. The van der Waals surface area contributed by atoms with Crippen molar-refractivity contribution in [2.24, 2.45) is 5.73 Å². The van der Waals surface area contributed by atoms with Gasteiger partial charge in [-0.2, -0.15) is 0 Å². The summed E-state index contributed by atoms with van der Waals surface area (Å²) in [6.45, 7) is 3.06. The minimum absolute atomic E-state index is 0.117. The van der Waals surface area contributed by atoms with E-state index in [0.717, 1.165) is 30.0 Å². The van der Waals surface area contributed by atoms with E-state index in [1.54, 1.807) is 7.11 Å². The molecule has 1 aliphatic rings. The van der Waals surface area contributed by atoms with Crippen molar-refractivity contribution in [3.8, 4) is 5.75 Å². The van der Waals surface area contributed by atoms with Crippen LogP contribution in [0.5, 0.6) is 5.75 Å². The van der Waals surface area contributed by atoms with Crippen molar-refractivity contribution >= 4 is 0 Å². The van der Waals surface area contributed by atoms with Crippen LogP contribution in [-0.2, 0) is 11.3 Å². The molecule has 1 aliphatic carbocycles. The number of methoxy groups -OCH3 is 1. The molecule has 1 aromatic rings. The van der Waals surface area contributed by atoms with Gasteiger partial charge in [-0.15, -0.1) is 0 Å². The van der Waals surface area contributed by atoms with Crippen LogP contribution in [0.3, 0.4) is 0 Å². The van der Waals surface area contributed by atoms with Gasteiger partial charge in [0.25, 0.3) is 0 Å². The van der Waals surface area contributed by atoms with E-state index >= 15 is 0 Å². The molecular weight excluding hydrogens is 228 g/mol. The first-order valence-electron chi connectivity index (χ1n) is 6.49. The highest BCUT2D eigenvalue weighted by Gasteiger charge is 2.29. The molecule has 4 nitrogen and oxygen atoms in total. The smallest absolute Gasteiger partial charge is 0.122 e. The molecule has 0 saturated heterocycles. The Morgan fingerprint density at radius 3 is 2.72 bits per heavy atom. The van der Waals surface area contributed by atoms with Gasteiger partial charge in [-0.3, -0.25) is 4.98 Å². The maximum Gasteiger partial charge on any atom is 0.122 e. The fraction of sp³-hybridized carbons (Fsp3) is 0.643. The van der Waals surface area contributed by atoms with Gasteiger partial charge in [0, 0.05) is 23.4 Å². The second-order valence-corrected chi connectivity index (χ2v) is 5.20. The van der Waals surface area contributed by atoms with Crippen molar-refractivity contribution in [1.82, 2.24) is 4.98 Å². The summed E-state index contributed by atoms with van der Waals surface area (Å²) in [4.78, 5) is 4.42. The summed E-state index contributed by atoms with van der Waals surface area (Å²) < 4.78 is 10.9. The summed E-state index contributed by atoms with van der Waals surface area (Å²) in [7, 11) is 1.66. The lowest BCUT2D eigenvalue weighted by molar-refractivity contribution is 0.0730. The number of nitrogens with zero attached hydrogens (tertiary/aromatic N) is 1. The van der Waals surface area contributed by atoms with E-state index in [2.05, 4.69) is 4.98 Å². The van der Waals surface area contributed by atoms with Crippen LogP contribution in [0.1, 0.15) is 37.1 Å². The molecule has 1 aromatic heterocycles. The Labute approximate surface area is 108 Å². The molecule has 2 N–H and O–H groups in total. The molecule has 18 heavy (non-hydrogen) atoms. The molecule has 1 fully saturated rings. The van der Waals surface area contributed by atoms with Crippen molar-refractivity contribution in [3.05, 3.63) is 23.5 Å². The SMILES string of the molecule is COc1cc(C)nc(COCC2(N)CCCC2)c1. The molecule has 0 bridgehead atoms. The minimum Gasteiger partial charge on any atom is -0.497 e. The van der Waals surface area contributed by atoms with E-state index in [1.807, 2.05) is 19.1 Å². The molecule has 1 heterocycles. The predicted octanol–water partition coefficient (Wildman–Crippen LogP) is 2.19. The van der Waals surface area contributed by atoms with E-state index in [-0.39, 0.29) is 5.54 Å². The summed E-state index contributed by atoms with van der Waals surface area (Å²) >= 11 is 0. The van der Waals surface area contributed by atoms with Gasteiger partial charge < -0.3 is 15.2 Å². The number of hydrogen-bond acceptors (Lipinski definition) is 4. The third-order valence-electron chi connectivity index (χ3n) is 3.45. The Balaban J connectivity index is 1.88. The number of aromatic nitrogens is 1. The second kappa shape index (κ2) is 5.67. The monoisotopic (exact) mass is 250 g/mol. The Bertz CT molecular complexity index is 401. The average Bonchev–Trinajstić information content (AvgIpc) is 2.75. The highest BCUT2D eigenvalue weighted by molar-refractivity contribution is 5.26. The topological polar surface area (TPSA) is 57.4 Å². The first-order valence-corrected chi connectivity index (χ1v) is 6.49. The van der Waals surface area contributed by atoms with Gasteiger partial charge in [0.05, 0.1) is 26.0 Å². The van der Waals surface area contributed by atoms with Crippen molar-refractivity contribution in [3.63, 3.8) is 0 Å². The molecule has 0 radical (unpaired) electrons. The summed E-state index contributed by atoms with van der Waals surface area (Å²) in [5.74, 6) is 0.824. The Kier molecular flexibility index (Phi) is 4.19. The van der Waals surface area contributed by atoms with Crippen molar-refractivity contribution in [1.29, 1.82) is 0 Å².